The van der Waals surface area contributed by atoms with Gasteiger partial charge in [0.25, 0.3) is 0 Å². The largest absolute Gasteiger partial charge is 0.490 e. The van der Waals surface area contributed by atoms with Crippen molar-refractivity contribution in [3.05, 3.63) is 48.3 Å². The number of hydrogen-bond donors (Lipinski definition) is 2. The van der Waals surface area contributed by atoms with E-state index in [1.54, 1.807) is 7.11 Å². The Morgan fingerprint density at radius 1 is 1.08 bits per heavy atom. The molecule has 0 aliphatic carbocycles. The predicted molar refractivity (Wildman–Crippen MR) is 119 cm³/mol. The number of rotatable bonds is 8. The zero-order chi connectivity index (χ0) is 28.9. The summed E-state index contributed by atoms with van der Waals surface area (Å²) in [5, 5.41) is 14.2. The van der Waals surface area contributed by atoms with Crippen LogP contribution in [0.15, 0.2) is 36.9 Å². The molecule has 38 heavy (non-hydrogen) atoms. The van der Waals surface area contributed by atoms with Crippen molar-refractivity contribution < 1.29 is 55.6 Å². The van der Waals surface area contributed by atoms with Crippen LogP contribution in [0.3, 0.4) is 0 Å². The first-order valence-electron chi connectivity index (χ1n) is 11.0. The number of aliphatic carboxylic acids is 2. The first-order chi connectivity index (χ1) is 17.7. The highest BCUT2D eigenvalue weighted by Gasteiger charge is 2.39. The summed E-state index contributed by atoms with van der Waals surface area (Å²) < 4.78 is 76.8. The SMILES string of the molecule is COCCO[C@@H]1CCN(Cc2nccn2C)[C@H]1Cc1cccnc1.O=C(O)C(F)(F)F.O=C(O)C(F)(F)F. The predicted octanol–water partition coefficient (Wildman–Crippen LogP) is 2.93. The third-order valence-corrected chi connectivity index (χ3v) is 5.14. The summed E-state index contributed by atoms with van der Waals surface area (Å²) in [7, 11) is 3.75. The van der Waals surface area contributed by atoms with Gasteiger partial charge in [-0.05, 0) is 24.5 Å². The molecule has 2 N–H and O–H groups in total. The highest BCUT2D eigenvalue weighted by molar-refractivity contribution is 5.73. The molecule has 0 spiro atoms. The normalized spacial score (nSPS) is 17.7. The van der Waals surface area contributed by atoms with Crippen molar-refractivity contribution in [3.63, 3.8) is 0 Å². The van der Waals surface area contributed by atoms with Crippen molar-refractivity contribution in [1.29, 1.82) is 0 Å². The van der Waals surface area contributed by atoms with Gasteiger partial charge in [0.2, 0.25) is 0 Å². The summed E-state index contributed by atoms with van der Waals surface area (Å²) in [6.45, 7) is 3.14. The molecule has 0 radical (unpaired) electrons. The van der Waals surface area contributed by atoms with Gasteiger partial charge in [-0.1, -0.05) is 6.07 Å². The number of halogens is 6. The van der Waals surface area contributed by atoms with Crippen LogP contribution < -0.4 is 0 Å². The van der Waals surface area contributed by atoms with Crippen LogP contribution in [0.25, 0.3) is 0 Å². The van der Waals surface area contributed by atoms with Gasteiger partial charge in [-0.25, -0.2) is 14.6 Å². The van der Waals surface area contributed by atoms with Gasteiger partial charge in [0.1, 0.15) is 5.82 Å². The van der Waals surface area contributed by atoms with Crippen molar-refractivity contribution in [1.82, 2.24) is 19.4 Å². The highest BCUT2D eigenvalue weighted by atomic mass is 19.4. The van der Waals surface area contributed by atoms with Crippen molar-refractivity contribution >= 4 is 11.9 Å². The van der Waals surface area contributed by atoms with Crippen LogP contribution >= 0.6 is 0 Å². The van der Waals surface area contributed by atoms with E-state index in [-0.39, 0.29) is 6.10 Å². The van der Waals surface area contributed by atoms with Gasteiger partial charge in [0.15, 0.2) is 0 Å². The number of hydrogen-bond acceptors (Lipinski definition) is 7. The van der Waals surface area contributed by atoms with E-state index in [0.717, 1.165) is 31.8 Å². The van der Waals surface area contributed by atoms with E-state index in [9.17, 15) is 26.3 Å². The van der Waals surface area contributed by atoms with E-state index >= 15 is 0 Å². The van der Waals surface area contributed by atoms with Crippen molar-refractivity contribution in [3.8, 4) is 0 Å². The fourth-order valence-electron chi connectivity index (χ4n) is 3.31. The van der Waals surface area contributed by atoms with Crippen molar-refractivity contribution in [2.45, 2.75) is 43.9 Å². The third-order valence-electron chi connectivity index (χ3n) is 5.14. The van der Waals surface area contributed by atoms with Gasteiger partial charge in [-0.2, -0.15) is 26.3 Å². The molecule has 16 heteroatoms. The zero-order valence-electron chi connectivity index (χ0n) is 20.4. The number of carboxylic acid groups (broad SMARTS) is 2. The Balaban J connectivity index is 0.000000426. The van der Waals surface area contributed by atoms with Gasteiger partial charge in [0.05, 0.1) is 25.9 Å². The topological polar surface area (TPSA) is 127 Å². The van der Waals surface area contributed by atoms with Gasteiger partial charge in [-0.15, -0.1) is 0 Å². The van der Waals surface area contributed by atoms with Crippen LogP contribution in [0.1, 0.15) is 17.8 Å². The smallest absolute Gasteiger partial charge is 0.475 e. The Kier molecular flexibility index (Phi) is 13.1. The van der Waals surface area contributed by atoms with Crippen LogP contribution in [0.2, 0.25) is 0 Å². The van der Waals surface area contributed by atoms with E-state index in [4.69, 9.17) is 29.3 Å². The summed E-state index contributed by atoms with van der Waals surface area (Å²) in [4.78, 5) is 29.0. The van der Waals surface area contributed by atoms with Crippen LogP contribution in [0.5, 0.6) is 0 Å². The quantitative estimate of drug-likeness (QED) is 0.372. The molecule has 0 aromatic carbocycles. The molecule has 2 aromatic heterocycles. The second-order valence-corrected chi connectivity index (χ2v) is 7.85. The zero-order valence-corrected chi connectivity index (χ0v) is 20.4. The molecule has 10 nitrogen and oxygen atoms in total. The number of nitrogens with zero attached hydrogens (tertiary/aromatic N) is 4. The Bertz CT molecular complexity index is 963. The monoisotopic (exact) mass is 558 g/mol. The number of likely N-dealkylation sites (tertiary alicyclic amines) is 1. The van der Waals surface area contributed by atoms with Gasteiger partial charge >= 0.3 is 24.3 Å². The van der Waals surface area contributed by atoms with Gasteiger partial charge in [0, 0.05) is 51.5 Å². The lowest BCUT2D eigenvalue weighted by Gasteiger charge is -2.28. The van der Waals surface area contributed by atoms with Crippen LogP contribution in [-0.2, 0) is 39.1 Å². The van der Waals surface area contributed by atoms with Gasteiger partial charge < -0.3 is 24.3 Å². The van der Waals surface area contributed by atoms with Crippen LogP contribution in [0.4, 0.5) is 26.3 Å². The molecule has 0 amide bonds. The summed E-state index contributed by atoms with van der Waals surface area (Å²) in [5.41, 5.74) is 1.24. The Morgan fingerprint density at radius 3 is 2.13 bits per heavy atom. The number of carbonyl (C=O) groups is 2. The Labute approximate surface area is 213 Å². The number of alkyl halides is 6. The molecule has 0 unspecified atom stereocenters. The number of aryl methyl sites for hydroxylation is 1. The number of ether oxygens (including phenoxy) is 2. The minimum Gasteiger partial charge on any atom is -0.475 e. The van der Waals surface area contributed by atoms with E-state index in [1.165, 1.54) is 5.56 Å². The molecule has 3 heterocycles. The Hall–Kier alpha value is -3.24. The molecule has 0 saturated carbocycles. The van der Waals surface area contributed by atoms with Gasteiger partial charge in [-0.3, -0.25) is 9.88 Å². The molecule has 3 rings (SSSR count). The van der Waals surface area contributed by atoms with Crippen LogP contribution in [0, 0.1) is 0 Å². The first-order valence-corrected chi connectivity index (χ1v) is 11.0. The van der Waals surface area contributed by atoms with E-state index in [1.807, 2.05) is 37.9 Å². The van der Waals surface area contributed by atoms with E-state index < -0.39 is 24.3 Å². The number of methoxy groups -OCH3 is 1. The molecule has 1 saturated heterocycles. The Morgan fingerprint density at radius 2 is 1.68 bits per heavy atom. The second-order valence-electron chi connectivity index (χ2n) is 7.85. The molecule has 1 aliphatic heterocycles. The molecule has 1 fully saturated rings. The standard InChI is InChI=1S/C18H26N4O2.2C2HF3O2/c1-21-9-7-20-18(21)14-22-8-5-17(24-11-10-23-2)16(22)12-15-4-3-6-19-13-15;2*3-2(4,5)1(6)7/h3-4,6-7,9,13,16-17H,5,8,10-12,14H2,1-2H3;2*(H,6,7)/t16-,17+;;/m0../s1. The molecule has 2 atom stereocenters. The van der Waals surface area contributed by atoms with Crippen LogP contribution in [-0.4, -0.2) is 93.0 Å². The lowest BCUT2D eigenvalue weighted by Crippen LogP contribution is -2.38. The molecule has 2 aromatic rings. The summed E-state index contributed by atoms with van der Waals surface area (Å²) in [6, 6.07) is 4.47. The van der Waals surface area contributed by atoms with Crippen molar-refractivity contribution in [2.75, 3.05) is 26.9 Å². The second kappa shape index (κ2) is 15.2. The average molecular weight is 558 g/mol. The minimum absolute atomic E-state index is 0.223. The summed E-state index contributed by atoms with van der Waals surface area (Å²) in [5.74, 6) is -4.43. The lowest BCUT2D eigenvalue weighted by molar-refractivity contribution is -0.193. The molecule has 214 valence electrons. The average Bonchev–Trinajstić information content (AvgIpc) is 3.40. The minimum atomic E-state index is -5.08. The van der Waals surface area contributed by atoms with E-state index in [2.05, 4.69) is 25.5 Å². The molecule has 1 aliphatic rings. The maximum atomic E-state index is 10.6. The summed E-state index contributed by atoms with van der Waals surface area (Å²) >= 11 is 0. The number of pyridine rings is 1. The maximum Gasteiger partial charge on any atom is 0.490 e. The third kappa shape index (κ3) is 11.9. The van der Waals surface area contributed by atoms with E-state index in [0.29, 0.717) is 19.3 Å². The summed E-state index contributed by atoms with van der Waals surface area (Å²) in [6.07, 6.45) is -0.350. The first kappa shape index (κ1) is 32.8. The number of carboxylic acids is 2. The molecular formula is C22H28F6N4O6. The molecular weight excluding hydrogens is 530 g/mol. The number of aromatic nitrogens is 3. The van der Waals surface area contributed by atoms with Crippen molar-refractivity contribution in [2.24, 2.45) is 7.05 Å². The highest BCUT2D eigenvalue weighted by Crippen LogP contribution is 2.26. The molecule has 0 bridgehead atoms. The number of imidazole rings is 1. The fraction of sp³-hybridized carbons (Fsp3) is 0.545. The lowest BCUT2D eigenvalue weighted by atomic mass is 10.0. The fourth-order valence-corrected chi connectivity index (χ4v) is 3.31. The maximum absolute atomic E-state index is 10.6.